The molecule has 0 aliphatic carbocycles. The van der Waals surface area contributed by atoms with Gasteiger partial charge in [-0.1, -0.05) is 17.7 Å². The highest BCUT2D eigenvalue weighted by atomic mass is 35.5. The number of ether oxygens (including phenoxy) is 1. The molecule has 186 valence electrons. The minimum absolute atomic E-state index is 0.111. The zero-order chi connectivity index (χ0) is 26.4. The van der Waals surface area contributed by atoms with E-state index in [1.165, 1.54) is 25.3 Å². The summed E-state index contributed by atoms with van der Waals surface area (Å²) in [7, 11) is 1.53. The predicted octanol–water partition coefficient (Wildman–Crippen LogP) is 5.61. The van der Waals surface area contributed by atoms with E-state index < -0.39 is 23.6 Å². The molecule has 1 aromatic heterocycles. The van der Waals surface area contributed by atoms with Crippen molar-refractivity contribution in [1.29, 1.82) is 0 Å². The minimum Gasteiger partial charge on any atom is -0.495 e. The SMILES string of the molecule is COc1ccc(Cl)cc1-n1c(C)cc(/C=C2\C(=O)NC(=S)N(c3cccc(C(F)(F)F)c3)C2=O)c1C. The van der Waals surface area contributed by atoms with E-state index in [0.717, 1.165) is 22.7 Å². The fourth-order valence-corrected chi connectivity index (χ4v) is 4.46. The van der Waals surface area contributed by atoms with Crippen LogP contribution in [0.3, 0.4) is 0 Å². The summed E-state index contributed by atoms with van der Waals surface area (Å²) >= 11 is 11.3. The number of aryl methyl sites for hydroxylation is 1. The van der Waals surface area contributed by atoms with Crippen LogP contribution in [0, 0.1) is 13.8 Å². The first kappa shape index (κ1) is 25.5. The fourth-order valence-electron chi connectivity index (χ4n) is 4.01. The van der Waals surface area contributed by atoms with E-state index in [0.29, 0.717) is 27.7 Å². The average molecular weight is 534 g/mol. The number of carbonyl (C=O) groups excluding carboxylic acids is 2. The summed E-state index contributed by atoms with van der Waals surface area (Å²) in [6.45, 7) is 3.63. The molecule has 1 aliphatic heterocycles. The number of nitrogens with zero attached hydrogens (tertiary/aromatic N) is 2. The molecule has 2 heterocycles. The lowest BCUT2D eigenvalue weighted by atomic mass is 10.1. The molecule has 0 unspecified atom stereocenters. The van der Waals surface area contributed by atoms with Gasteiger partial charge in [-0.2, -0.15) is 13.2 Å². The van der Waals surface area contributed by atoms with Gasteiger partial charge in [0.1, 0.15) is 11.3 Å². The molecule has 1 saturated heterocycles. The van der Waals surface area contributed by atoms with E-state index in [1.807, 2.05) is 11.5 Å². The van der Waals surface area contributed by atoms with E-state index in [2.05, 4.69) is 5.32 Å². The van der Waals surface area contributed by atoms with Crippen molar-refractivity contribution in [1.82, 2.24) is 9.88 Å². The Kier molecular flexibility index (Phi) is 6.68. The van der Waals surface area contributed by atoms with Gasteiger partial charge in [-0.15, -0.1) is 0 Å². The Hall–Kier alpha value is -3.63. The number of alkyl halides is 3. The maximum atomic E-state index is 13.3. The van der Waals surface area contributed by atoms with E-state index in [1.54, 1.807) is 31.2 Å². The number of thiocarbonyl (C=S) groups is 1. The highest BCUT2D eigenvalue weighted by Crippen LogP contribution is 2.34. The second-order valence-electron chi connectivity index (χ2n) is 7.98. The van der Waals surface area contributed by atoms with Gasteiger partial charge in [-0.05, 0) is 80.2 Å². The van der Waals surface area contributed by atoms with Crippen molar-refractivity contribution in [2.75, 3.05) is 12.0 Å². The van der Waals surface area contributed by atoms with Crippen molar-refractivity contribution >= 4 is 52.5 Å². The molecule has 11 heteroatoms. The van der Waals surface area contributed by atoms with Crippen LogP contribution in [0.25, 0.3) is 11.8 Å². The topological polar surface area (TPSA) is 63.6 Å². The number of aromatic nitrogens is 1. The molecule has 1 fully saturated rings. The van der Waals surface area contributed by atoms with Crippen molar-refractivity contribution in [2.45, 2.75) is 20.0 Å². The first-order valence-electron chi connectivity index (χ1n) is 10.5. The monoisotopic (exact) mass is 533 g/mol. The minimum atomic E-state index is -4.61. The van der Waals surface area contributed by atoms with Gasteiger partial charge in [0.15, 0.2) is 5.11 Å². The van der Waals surface area contributed by atoms with Gasteiger partial charge in [-0.3, -0.25) is 19.8 Å². The van der Waals surface area contributed by atoms with Crippen LogP contribution in [0.5, 0.6) is 5.75 Å². The van der Waals surface area contributed by atoms with Crippen LogP contribution in [0.2, 0.25) is 5.02 Å². The molecule has 0 bridgehead atoms. The molecule has 3 aromatic rings. The quantitative estimate of drug-likeness (QED) is 0.269. The highest BCUT2D eigenvalue weighted by Gasteiger charge is 2.37. The van der Waals surface area contributed by atoms with E-state index >= 15 is 0 Å². The molecule has 0 atom stereocenters. The largest absolute Gasteiger partial charge is 0.495 e. The van der Waals surface area contributed by atoms with E-state index in [4.69, 9.17) is 28.6 Å². The Morgan fingerprint density at radius 2 is 1.81 bits per heavy atom. The maximum Gasteiger partial charge on any atom is 0.416 e. The maximum absolute atomic E-state index is 13.3. The molecule has 0 saturated carbocycles. The molecule has 1 aliphatic rings. The lowest BCUT2D eigenvalue weighted by Gasteiger charge is -2.29. The van der Waals surface area contributed by atoms with Crippen molar-refractivity contribution in [3.63, 3.8) is 0 Å². The Labute approximate surface area is 214 Å². The van der Waals surface area contributed by atoms with Crippen LogP contribution in [-0.2, 0) is 15.8 Å². The van der Waals surface area contributed by atoms with Crippen molar-refractivity contribution in [3.05, 3.63) is 81.6 Å². The third kappa shape index (κ3) is 4.61. The second-order valence-corrected chi connectivity index (χ2v) is 8.81. The summed E-state index contributed by atoms with van der Waals surface area (Å²) in [6.07, 6.45) is -3.23. The van der Waals surface area contributed by atoms with Crippen LogP contribution in [0.1, 0.15) is 22.5 Å². The summed E-state index contributed by atoms with van der Waals surface area (Å²) in [5.41, 5.74) is 1.32. The molecule has 2 aromatic carbocycles. The molecule has 6 nitrogen and oxygen atoms in total. The highest BCUT2D eigenvalue weighted by molar-refractivity contribution is 7.80. The Balaban J connectivity index is 1.79. The third-order valence-corrected chi connectivity index (χ3v) is 6.21. The van der Waals surface area contributed by atoms with Gasteiger partial charge < -0.3 is 9.30 Å². The predicted molar refractivity (Wildman–Crippen MR) is 134 cm³/mol. The number of benzene rings is 2. The molecule has 36 heavy (non-hydrogen) atoms. The number of rotatable bonds is 4. The van der Waals surface area contributed by atoms with Gasteiger partial charge in [0, 0.05) is 16.4 Å². The van der Waals surface area contributed by atoms with Crippen LogP contribution < -0.4 is 15.0 Å². The molecular formula is C25H19ClF3N3O3S. The summed E-state index contributed by atoms with van der Waals surface area (Å²) in [6, 6.07) is 11.1. The lowest BCUT2D eigenvalue weighted by molar-refractivity contribution is -0.137. The van der Waals surface area contributed by atoms with Gasteiger partial charge in [0.2, 0.25) is 0 Å². The molecule has 1 N–H and O–H groups in total. The first-order valence-corrected chi connectivity index (χ1v) is 11.3. The molecule has 0 spiro atoms. The zero-order valence-electron chi connectivity index (χ0n) is 19.2. The molecule has 2 amide bonds. The fraction of sp³-hybridized carbons (Fsp3) is 0.160. The number of amides is 2. The number of hydrogen-bond acceptors (Lipinski definition) is 4. The van der Waals surface area contributed by atoms with Gasteiger partial charge in [0.25, 0.3) is 11.8 Å². The molecular weight excluding hydrogens is 515 g/mol. The summed E-state index contributed by atoms with van der Waals surface area (Å²) in [5.74, 6) is -1.03. The van der Waals surface area contributed by atoms with E-state index in [-0.39, 0.29) is 16.4 Å². The third-order valence-electron chi connectivity index (χ3n) is 5.69. The second kappa shape index (κ2) is 9.44. The van der Waals surface area contributed by atoms with Gasteiger partial charge in [-0.25, -0.2) is 0 Å². The Morgan fingerprint density at radius 3 is 2.47 bits per heavy atom. The molecule has 0 radical (unpaired) electrons. The van der Waals surface area contributed by atoms with Crippen molar-refractivity contribution in [2.24, 2.45) is 0 Å². The number of carbonyl (C=O) groups is 2. The van der Waals surface area contributed by atoms with Crippen LogP contribution in [-0.4, -0.2) is 28.6 Å². The number of nitrogens with one attached hydrogen (secondary N) is 1. The number of anilines is 1. The molecule has 4 rings (SSSR count). The van der Waals surface area contributed by atoms with Gasteiger partial charge >= 0.3 is 6.18 Å². The van der Waals surface area contributed by atoms with E-state index in [9.17, 15) is 22.8 Å². The zero-order valence-corrected chi connectivity index (χ0v) is 20.8. The lowest BCUT2D eigenvalue weighted by Crippen LogP contribution is -2.54. The Morgan fingerprint density at radius 1 is 1.08 bits per heavy atom. The number of halogens is 4. The number of hydrogen-bond donors (Lipinski definition) is 1. The van der Waals surface area contributed by atoms with Crippen LogP contribution in [0.15, 0.2) is 54.1 Å². The Bertz CT molecular complexity index is 1450. The van der Waals surface area contributed by atoms with Gasteiger partial charge in [0.05, 0.1) is 24.0 Å². The first-order chi connectivity index (χ1) is 16.9. The smallest absolute Gasteiger partial charge is 0.416 e. The summed E-state index contributed by atoms with van der Waals surface area (Å²) in [5, 5.41) is 2.57. The normalized spacial score (nSPS) is 15.5. The van der Waals surface area contributed by atoms with Crippen molar-refractivity contribution in [3.8, 4) is 11.4 Å². The average Bonchev–Trinajstić information content (AvgIpc) is 3.08. The number of methoxy groups -OCH3 is 1. The van der Waals surface area contributed by atoms with Crippen LogP contribution in [0.4, 0.5) is 18.9 Å². The standard InChI is InChI=1S/C25H19ClF3N3O3S/c1-13-9-15(14(2)31(13)20-12-17(26)7-8-21(20)35-3)10-19-22(33)30-24(36)32(23(19)34)18-6-4-5-16(11-18)25(27,28)29/h4-12H,1-3H3,(H,30,33,36)/b19-10+. The van der Waals surface area contributed by atoms with Crippen molar-refractivity contribution < 1.29 is 27.5 Å². The summed E-state index contributed by atoms with van der Waals surface area (Å²) in [4.78, 5) is 26.9. The van der Waals surface area contributed by atoms with Crippen LogP contribution >= 0.6 is 23.8 Å². The summed E-state index contributed by atoms with van der Waals surface area (Å²) < 4.78 is 47.0.